The standard InChI is InChI=1S/C10H12Cl3NO2/c1-9(2,10(11,12)13)16-8(15)14-6-4-3-5-7-14/h3-6H,7H2,1-2H3. The van der Waals surface area contributed by atoms with Gasteiger partial charge >= 0.3 is 6.09 Å². The van der Waals surface area contributed by atoms with Crippen LogP contribution in [0.1, 0.15) is 13.8 Å². The molecule has 0 spiro atoms. The number of halogens is 3. The van der Waals surface area contributed by atoms with Crippen LogP contribution in [0.25, 0.3) is 0 Å². The Bertz CT molecular complexity index is 331. The summed E-state index contributed by atoms with van der Waals surface area (Å²) >= 11 is 17.1. The van der Waals surface area contributed by atoms with Gasteiger partial charge in [0.25, 0.3) is 0 Å². The number of carbonyl (C=O) groups excluding carboxylic acids is 1. The number of hydrogen-bond donors (Lipinski definition) is 0. The number of allylic oxidation sites excluding steroid dienone is 2. The average Bonchev–Trinajstić information content (AvgIpc) is 2.16. The molecule has 3 nitrogen and oxygen atoms in total. The van der Waals surface area contributed by atoms with E-state index >= 15 is 0 Å². The van der Waals surface area contributed by atoms with Gasteiger partial charge in [0, 0.05) is 12.7 Å². The molecule has 0 aliphatic carbocycles. The molecule has 0 aromatic heterocycles. The molecule has 90 valence electrons. The minimum Gasteiger partial charge on any atom is -0.439 e. The molecule has 0 radical (unpaired) electrons. The highest BCUT2D eigenvalue weighted by Gasteiger charge is 2.44. The van der Waals surface area contributed by atoms with Crippen LogP contribution in [-0.4, -0.2) is 26.9 Å². The molecule has 0 saturated carbocycles. The van der Waals surface area contributed by atoms with E-state index in [-0.39, 0.29) is 0 Å². The summed E-state index contributed by atoms with van der Waals surface area (Å²) in [5.41, 5.74) is -1.19. The van der Waals surface area contributed by atoms with Crippen LogP contribution in [0.3, 0.4) is 0 Å². The quantitative estimate of drug-likeness (QED) is 0.688. The number of hydrogen-bond acceptors (Lipinski definition) is 2. The zero-order chi connectivity index (χ0) is 12.4. The van der Waals surface area contributed by atoms with Gasteiger partial charge in [-0.15, -0.1) is 0 Å². The largest absolute Gasteiger partial charge is 0.439 e. The SMILES string of the molecule is CC(C)(OC(=O)N1C=CC=CC1)C(Cl)(Cl)Cl. The van der Waals surface area contributed by atoms with E-state index in [0.29, 0.717) is 6.54 Å². The molecule has 1 aliphatic rings. The number of carbonyl (C=O) groups is 1. The molecule has 0 aromatic rings. The molecular weight excluding hydrogens is 272 g/mol. The van der Waals surface area contributed by atoms with Gasteiger partial charge < -0.3 is 4.74 Å². The second kappa shape index (κ2) is 4.86. The summed E-state index contributed by atoms with van der Waals surface area (Å²) in [5, 5.41) is 0. The van der Waals surface area contributed by atoms with E-state index < -0.39 is 15.5 Å². The zero-order valence-electron chi connectivity index (χ0n) is 8.91. The summed E-state index contributed by atoms with van der Waals surface area (Å²) < 4.78 is 3.48. The van der Waals surface area contributed by atoms with Gasteiger partial charge in [0.15, 0.2) is 5.60 Å². The number of nitrogens with zero attached hydrogens (tertiary/aromatic N) is 1. The van der Waals surface area contributed by atoms with Crippen molar-refractivity contribution >= 4 is 40.9 Å². The lowest BCUT2D eigenvalue weighted by molar-refractivity contribution is 0.0251. The zero-order valence-corrected chi connectivity index (χ0v) is 11.2. The molecule has 0 aromatic carbocycles. The molecule has 0 bridgehead atoms. The normalized spacial score (nSPS) is 16.4. The molecule has 1 heterocycles. The van der Waals surface area contributed by atoms with E-state index in [1.54, 1.807) is 26.1 Å². The maximum atomic E-state index is 11.7. The van der Waals surface area contributed by atoms with E-state index in [9.17, 15) is 4.79 Å². The molecular formula is C10H12Cl3NO2. The summed E-state index contributed by atoms with van der Waals surface area (Å²) in [5.74, 6) is 0. The van der Waals surface area contributed by atoms with Gasteiger partial charge in [-0.1, -0.05) is 47.0 Å². The molecule has 1 aliphatic heterocycles. The molecule has 6 heteroatoms. The van der Waals surface area contributed by atoms with E-state index in [4.69, 9.17) is 39.5 Å². The van der Waals surface area contributed by atoms with Crippen LogP contribution in [0.15, 0.2) is 24.4 Å². The third-order valence-corrected chi connectivity index (χ3v) is 3.44. The van der Waals surface area contributed by atoms with Crippen molar-refractivity contribution in [2.75, 3.05) is 6.54 Å². The van der Waals surface area contributed by atoms with Gasteiger partial charge in [0.2, 0.25) is 3.79 Å². The highest BCUT2D eigenvalue weighted by molar-refractivity contribution is 6.68. The monoisotopic (exact) mass is 283 g/mol. The first-order chi connectivity index (χ1) is 7.24. The summed E-state index contributed by atoms with van der Waals surface area (Å²) in [7, 11) is 0. The van der Waals surface area contributed by atoms with Crippen LogP contribution in [0, 0.1) is 0 Å². The van der Waals surface area contributed by atoms with E-state index in [2.05, 4.69) is 0 Å². The Morgan fingerprint density at radius 1 is 1.31 bits per heavy atom. The maximum Gasteiger partial charge on any atom is 0.414 e. The van der Waals surface area contributed by atoms with Crippen molar-refractivity contribution in [2.24, 2.45) is 0 Å². The van der Waals surface area contributed by atoms with Crippen molar-refractivity contribution in [1.29, 1.82) is 0 Å². The number of ether oxygens (including phenoxy) is 1. The second-order valence-electron chi connectivity index (χ2n) is 3.80. The topological polar surface area (TPSA) is 29.5 Å². The van der Waals surface area contributed by atoms with Crippen LogP contribution in [0.5, 0.6) is 0 Å². The summed E-state index contributed by atoms with van der Waals surface area (Å²) in [6.07, 6.45) is 6.45. The first kappa shape index (κ1) is 13.7. The van der Waals surface area contributed by atoms with Crippen molar-refractivity contribution in [3.63, 3.8) is 0 Å². The fraction of sp³-hybridized carbons (Fsp3) is 0.500. The van der Waals surface area contributed by atoms with Crippen molar-refractivity contribution < 1.29 is 9.53 Å². The van der Waals surface area contributed by atoms with Gasteiger partial charge in [-0.2, -0.15) is 0 Å². The van der Waals surface area contributed by atoms with E-state index in [0.717, 1.165) is 0 Å². The van der Waals surface area contributed by atoms with E-state index in [1.807, 2.05) is 12.2 Å². The Labute approximate surface area is 110 Å². The molecule has 16 heavy (non-hydrogen) atoms. The Kier molecular flexibility index (Phi) is 4.16. The third-order valence-electron chi connectivity index (χ3n) is 2.07. The fourth-order valence-corrected chi connectivity index (χ4v) is 1.05. The van der Waals surface area contributed by atoms with Crippen LogP contribution in [0.2, 0.25) is 0 Å². The van der Waals surface area contributed by atoms with Gasteiger partial charge in [0.05, 0.1) is 0 Å². The van der Waals surface area contributed by atoms with Gasteiger partial charge in [-0.05, 0) is 19.9 Å². The van der Waals surface area contributed by atoms with E-state index in [1.165, 1.54) is 4.90 Å². The molecule has 0 N–H and O–H groups in total. The minimum atomic E-state index is -1.67. The van der Waals surface area contributed by atoms with Gasteiger partial charge in [-0.3, -0.25) is 4.90 Å². The summed E-state index contributed by atoms with van der Waals surface area (Å²) in [6.45, 7) is 3.54. The molecule has 1 rings (SSSR count). The minimum absolute atomic E-state index is 0.450. The molecule has 1 amide bonds. The van der Waals surface area contributed by atoms with Gasteiger partial charge in [-0.25, -0.2) is 4.79 Å². The summed E-state index contributed by atoms with van der Waals surface area (Å²) in [6, 6.07) is 0. The highest BCUT2D eigenvalue weighted by Crippen LogP contribution is 2.40. The Morgan fingerprint density at radius 3 is 2.38 bits per heavy atom. The Morgan fingerprint density at radius 2 is 1.94 bits per heavy atom. The lowest BCUT2D eigenvalue weighted by atomic mass is 10.2. The predicted molar refractivity (Wildman–Crippen MR) is 65.8 cm³/mol. The predicted octanol–water partition coefficient (Wildman–Crippen LogP) is 3.66. The molecule has 0 fully saturated rings. The van der Waals surface area contributed by atoms with Crippen LogP contribution in [-0.2, 0) is 4.74 Å². The highest BCUT2D eigenvalue weighted by atomic mass is 35.6. The smallest absolute Gasteiger partial charge is 0.414 e. The first-order valence-corrected chi connectivity index (χ1v) is 5.77. The maximum absolute atomic E-state index is 11.7. The van der Waals surface area contributed by atoms with Crippen molar-refractivity contribution in [3.05, 3.63) is 24.4 Å². The molecule has 0 atom stereocenters. The van der Waals surface area contributed by atoms with Crippen molar-refractivity contribution in [3.8, 4) is 0 Å². The van der Waals surface area contributed by atoms with Crippen LogP contribution in [0.4, 0.5) is 4.79 Å². The number of alkyl halides is 3. The summed E-state index contributed by atoms with van der Waals surface area (Å²) in [4.78, 5) is 13.1. The Hall–Kier alpha value is -0.380. The van der Waals surface area contributed by atoms with Crippen molar-refractivity contribution in [1.82, 2.24) is 4.90 Å². The molecule has 0 saturated heterocycles. The van der Waals surface area contributed by atoms with Gasteiger partial charge in [0.1, 0.15) is 0 Å². The number of rotatable bonds is 1. The first-order valence-electron chi connectivity index (χ1n) is 4.64. The van der Waals surface area contributed by atoms with Crippen LogP contribution < -0.4 is 0 Å². The molecule has 0 unspecified atom stereocenters. The van der Waals surface area contributed by atoms with Crippen LogP contribution >= 0.6 is 34.8 Å². The average molecular weight is 285 g/mol. The third kappa shape index (κ3) is 3.30. The number of amides is 1. The fourth-order valence-electron chi connectivity index (χ4n) is 0.938. The lowest BCUT2D eigenvalue weighted by Gasteiger charge is -2.33. The second-order valence-corrected chi connectivity index (χ2v) is 6.08. The lowest BCUT2D eigenvalue weighted by Crippen LogP contribution is -2.44. The van der Waals surface area contributed by atoms with Crippen molar-refractivity contribution in [2.45, 2.75) is 23.2 Å². The Balaban J connectivity index is 2.64.